The van der Waals surface area contributed by atoms with E-state index in [-0.39, 0.29) is 10.9 Å². The normalized spacial score (nSPS) is 10.9. The Morgan fingerprint density at radius 2 is 1.23 bits per heavy atom. The van der Waals surface area contributed by atoms with Crippen LogP contribution >= 0.6 is 0 Å². The molecule has 0 fully saturated rings. The highest BCUT2D eigenvalue weighted by atomic mass is 32.2. The molecule has 0 aliphatic heterocycles. The van der Waals surface area contributed by atoms with Gasteiger partial charge in [-0.05, 0) is 60.9 Å². The Kier molecular flexibility index (Phi) is 4.65. The SMILES string of the molecule is CCc1cc([S+](c2ccccc2)c2ccccc2)ccc1C. The molecule has 3 rings (SSSR count). The van der Waals surface area contributed by atoms with Gasteiger partial charge in [0.05, 0.1) is 10.9 Å². The van der Waals surface area contributed by atoms with Crippen LogP contribution in [0.15, 0.2) is 93.5 Å². The van der Waals surface area contributed by atoms with Gasteiger partial charge in [-0.3, -0.25) is 0 Å². The van der Waals surface area contributed by atoms with Crippen LogP contribution in [-0.4, -0.2) is 0 Å². The Bertz CT molecular complexity index is 693. The molecule has 1 heteroatoms. The smallest absolute Gasteiger partial charge is 0.0619 e. The average molecular weight is 305 g/mol. The van der Waals surface area contributed by atoms with Crippen molar-refractivity contribution in [3.05, 3.63) is 90.0 Å². The van der Waals surface area contributed by atoms with Gasteiger partial charge in [-0.15, -0.1) is 0 Å². The molecular formula is C21H21S+. The van der Waals surface area contributed by atoms with Crippen molar-refractivity contribution in [2.45, 2.75) is 35.0 Å². The molecule has 0 nitrogen and oxygen atoms in total. The van der Waals surface area contributed by atoms with Crippen molar-refractivity contribution < 1.29 is 0 Å². The molecule has 0 saturated carbocycles. The molecule has 0 spiro atoms. The number of rotatable bonds is 4. The van der Waals surface area contributed by atoms with Crippen molar-refractivity contribution in [1.29, 1.82) is 0 Å². The van der Waals surface area contributed by atoms with Crippen LogP contribution in [-0.2, 0) is 17.3 Å². The molecular weight excluding hydrogens is 284 g/mol. The Morgan fingerprint density at radius 3 is 1.73 bits per heavy atom. The minimum absolute atomic E-state index is 0.0348. The summed E-state index contributed by atoms with van der Waals surface area (Å²) in [7, 11) is -0.0348. The molecule has 3 aromatic rings. The first-order chi connectivity index (χ1) is 10.8. The standard InChI is InChI=1S/C21H21S/c1-3-18-16-21(15-14-17(18)2)22(19-10-6-4-7-11-19)20-12-8-5-9-13-20/h4-16H,3H2,1-2H3/q+1. The molecule has 0 heterocycles. The summed E-state index contributed by atoms with van der Waals surface area (Å²) in [5, 5.41) is 0. The van der Waals surface area contributed by atoms with Crippen LogP contribution < -0.4 is 0 Å². The Labute approximate surface area is 136 Å². The summed E-state index contributed by atoms with van der Waals surface area (Å²) < 4.78 is 0. The zero-order chi connectivity index (χ0) is 15.4. The van der Waals surface area contributed by atoms with Crippen molar-refractivity contribution in [2.75, 3.05) is 0 Å². The lowest BCUT2D eigenvalue weighted by Gasteiger charge is -2.10. The van der Waals surface area contributed by atoms with Crippen molar-refractivity contribution >= 4 is 10.9 Å². The maximum atomic E-state index is 2.39. The summed E-state index contributed by atoms with van der Waals surface area (Å²) in [4.78, 5) is 4.15. The largest absolute Gasteiger partial charge is 0.166 e. The molecule has 0 N–H and O–H groups in total. The lowest BCUT2D eigenvalue weighted by atomic mass is 10.1. The molecule has 0 bridgehead atoms. The highest BCUT2D eigenvalue weighted by Gasteiger charge is 2.28. The number of benzene rings is 3. The predicted octanol–water partition coefficient (Wildman–Crippen LogP) is 5.65. The van der Waals surface area contributed by atoms with Crippen LogP contribution in [0.1, 0.15) is 18.1 Å². The van der Waals surface area contributed by atoms with Gasteiger partial charge in [0.25, 0.3) is 0 Å². The van der Waals surface area contributed by atoms with Crippen LogP contribution in [0.5, 0.6) is 0 Å². The molecule has 0 radical (unpaired) electrons. The second-order valence-corrected chi connectivity index (χ2v) is 7.40. The third-order valence-electron chi connectivity index (χ3n) is 3.90. The Hall–Kier alpha value is -1.99. The summed E-state index contributed by atoms with van der Waals surface area (Å²) in [6, 6.07) is 28.6. The maximum absolute atomic E-state index is 2.39. The molecule has 3 aromatic carbocycles. The molecule has 0 amide bonds. The van der Waals surface area contributed by atoms with Gasteiger partial charge in [-0.25, -0.2) is 0 Å². The quantitative estimate of drug-likeness (QED) is 0.546. The van der Waals surface area contributed by atoms with Crippen molar-refractivity contribution in [2.24, 2.45) is 0 Å². The van der Waals surface area contributed by atoms with Crippen molar-refractivity contribution in [3.8, 4) is 0 Å². The summed E-state index contributed by atoms with van der Waals surface area (Å²) in [5.41, 5.74) is 2.83. The van der Waals surface area contributed by atoms with Crippen LogP contribution in [0, 0.1) is 6.92 Å². The minimum atomic E-state index is -0.0348. The van der Waals surface area contributed by atoms with Gasteiger partial charge in [-0.1, -0.05) is 49.4 Å². The lowest BCUT2D eigenvalue weighted by Crippen LogP contribution is -2.05. The fourth-order valence-corrected chi connectivity index (χ4v) is 4.82. The third-order valence-corrected chi connectivity index (χ3v) is 6.11. The van der Waals surface area contributed by atoms with E-state index in [1.54, 1.807) is 0 Å². The average Bonchev–Trinajstić information content (AvgIpc) is 2.58. The van der Waals surface area contributed by atoms with Gasteiger partial charge in [0.1, 0.15) is 0 Å². The Morgan fingerprint density at radius 1 is 0.682 bits per heavy atom. The van der Waals surface area contributed by atoms with Crippen LogP contribution in [0.3, 0.4) is 0 Å². The number of hydrogen-bond acceptors (Lipinski definition) is 0. The molecule has 0 atom stereocenters. The lowest BCUT2D eigenvalue weighted by molar-refractivity contribution is 1.09. The van der Waals surface area contributed by atoms with Crippen molar-refractivity contribution in [3.63, 3.8) is 0 Å². The fraction of sp³-hybridized carbons (Fsp3) is 0.143. The second kappa shape index (κ2) is 6.85. The van der Waals surface area contributed by atoms with E-state index in [4.69, 9.17) is 0 Å². The molecule has 110 valence electrons. The van der Waals surface area contributed by atoms with E-state index in [9.17, 15) is 0 Å². The van der Waals surface area contributed by atoms with E-state index in [2.05, 4.69) is 92.7 Å². The van der Waals surface area contributed by atoms with Gasteiger partial charge < -0.3 is 0 Å². The van der Waals surface area contributed by atoms with E-state index >= 15 is 0 Å². The van der Waals surface area contributed by atoms with E-state index in [0.29, 0.717) is 0 Å². The van der Waals surface area contributed by atoms with Crippen molar-refractivity contribution in [1.82, 2.24) is 0 Å². The van der Waals surface area contributed by atoms with E-state index in [0.717, 1.165) is 6.42 Å². The highest BCUT2D eigenvalue weighted by Crippen LogP contribution is 2.32. The van der Waals surface area contributed by atoms with Gasteiger partial charge >= 0.3 is 0 Å². The van der Waals surface area contributed by atoms with E-state index in [1.165, 1.54) is 25.8 Å². The fourth-order valence-electron chi connectivity index (χ4n) is 2.68. The molecule has 0 aliphatic carbocycles. The second-order valence-electron chi connectivity index (χ2n) is 5.37. The third kappa shape index (κ3) is 3.10. The van der Waals surface area contributed by atoms with Crippen LogP contribution in [0.4, 0.5) is 0 Å². The topological polar surface area (TPSA) is 0 Å². The molecule has 22 heavy (non-hydrogen) atoms. The van der Waals surface area contributed by atoms with Gasteiger partial charge in [0.15, 0.2) is 14.7 Å². The number of aryl methyl sites for hydroxylation is 2. The molecule has 0 aliphatic rings. The van der Waals surface area contributed by atoms with Crippen LogP contribution in [0.2, 0.25) is 0 Å². The van der Waals surface area contributed by atoms with E-state index in [1.807, 2.05) is 0 Å². The van der Waals surface area contributed by atoms with Gasteiger partial charge in [-0.2, -0.15) is 0 Å². The number of hydrogen-bond donors (Lipinski definition) is 0. The summed E-state index contributed by atoms with van der Waals surface area (Å²) in [6.07, 6.45) is 1.08. The summed E-state index contributed by atoms with van der Waals surface area (Å²) in [5.74, 6) is 0. The monoisotopic (exact) mass is 305 g/mol. The first kappa shape index (κ1) is 14.9. The summed E-state index contributed by atoms with van der Waals surface area (Å²) in [6.45, 7) is 4.43. The first-order valence-corrected chi connectivity index (χ1v) is 8.96. The minimum Gasteiger partial charge on any atom is -0.0619 e. The van der Waals surface area contributed by atoms with Gasteiger partial charge in [0.2, 0.25) is 0 Å². The predicted molar refractivity (Wildman–Crippen MR) is 95.6 cm³/mol. The van der Waals surface area contributed by atoms with Crippen LogP contribution in [0.25, 0.3) is 0 Å². The van der Waals surface area contributed by atoms with Gasteiger partial charge in [0, 0.05) is 0 Å². The zero-order valence-corrected chi connectivity index (χ0v) is 13.9. The highest BCUT2D eigenvalue weighted by molar-refractivity contribution is 7.97. The summed E-state index contributed by atoms with van der Waals surface area (Å²) >= 11 is 0. The Balaban J connectivity index is 2.14. The van der Waals surface area contributed by atoms with E-state index < -0.39 is 0 Å². The molecule has 0 unspecified atom stereocenters. The maximum Gasteiger partial charge on any atom is 0.166 e. The molecule has 0 aromatic heterocycles. The first-order valence-electron chi connectivity index (χ1n) is 7.73. The zero-order valence-electron chi connectivity index (χ0n) is 13.1. The molecule has 0 saturated heterocycles.